The van der Waals surface area contributed by atoms with Crippen LogP contribution in [0.25, 0.3) is 0 Å². The van der Waals surface area contributed by atoms with Gasteiger partial charge in [0.05, 0.1) is 10.1 Å². The van der Waals surface area contributed by atoms with Crippen LogP contribution in [0.5, 0.6) is 0 Å². The molecule has 0 aromatic heterocycles. The van der Waals surface area contributed by atoms with Crippen molar-refractivity contribution in [2.24, 2.45) is 5.41 Å². The van der Waals surface area contributed by atoms with Gasteiger partial charge in [-0.25, -0.2) is 0 Å². The molecule has 0 nitrogen and oxygen atoms in total. The highest BCUT2D eigenvalue weighted by molar-refractivity contribution is 7.72. The standard InChI is InChI=1S/C33H32Cl2P2/c1-19-17-25-27(31(19)34)29(21(3)36(25)23-13-9-7-10-14-23)33(5,6)30-22(4)37(24-15-11-8-12-16-24)26-18-20(2)32(35)28(26)30/h7-18,21-22H,1-6H3. The van der Waals surface area contributed by atoms with Crippen LogP contribution in [0.4, 0.5) is 0 Å². The van der Waals surface area contributed by atoms with Crippen molar-refractivity contribution in [1.29, 1.82) is 0 Å². The van der Waals surface area contributed by atoms with Crippen LogP contribution in [0.15, 0.2) is 127 Å². The van der Waals surface area contributed by atoms with Crippen LogP contribution in [0.3, 0.4) is 0 Å². The molecule has 4 atom stereocenters. The van der Waals surface area contributed by atoms with Crippen molar-refractivity contribution in [2.75, 3.05) is 0 Å². The van der Waals surface area contributed by atoms with Crippen LogP contribution in [0.2, 0.25) is 0 Å². The summed E-state index contributed by atoms with van der Waals surface area (Å²) >= 11 is 14.3. The minimum absolute atomic E-state index is 0.186. The van der Waals surface area contributed by atoms with E-state index in [4.69, 9.17) is 23.2 Å². The Kier molecular flexibility index (Phi) is 6.37. The summed E-state index contributed by atoms with van der Waals surface area (Å²) in [6.45, 7) is 14.0. The fourth-order valence-electron chi connectivity index (χ4n) is 7.00. The van der Waals surface area contributed by atoms with Gasteiger partial charge in [0.15, 0.2) is 0 Å². The molecule has 2 aliphatic heterocycles. The summed E-state index contributed by atoms with van der Waals surface area (Å²) in [7, 11) is -1.06. The van der Waals surface area contributed by atoms with E-state index in [1.807, 2.05) is 0 Å². The molecule has 2 aromatic carbocycles. The van der Waals surface area contributed by atoms with Crippen LogP contribution in [0, 0.1) is 5.41 Å². The minimum Gasteiger partial charge on any atom is -0.0834 e. The van der Waals surface area contributed by atoms with E-state index in [0.717, 1.165) is 10.1 Å². The Bertz CT molecular complexity index is 1390. The van der Waals surface area contributed by atoms with Gasteiger partial charge in [0, 0.05) is 27.9 Å². The molecule has 6 rings (SSSR count). The van der Waals surface area contributed by atoms with Crippen LogP contribution < -0.4 is 10.6 Å². The second kappa shape index (κ2) is 9.21. The molecule has 2 heterocycles. The quantitative estimate of drug-likeness (QED) is 0.326. The van der Waals surface area contributed by atoms with E-state index in [1.165, 1.54) is 54.7 Å². The Hall–Kier alpha value is -1.68. The molecule has 4 unspecified atom stereocenters. The summed E-state index contributed by atoms with van der Waals surface area (Å²) in [5.41, 5.74) is 8.59. The van der Waals surface area contributed by atoms with Gasteiger partial charge in [0.2, 0.25) is 0 Å². The average Bonchev–Trinajstić information content (AvgIpc) is 3.53. The molecule has 2 aromatic rings. The lowest BCUT2D eigenvalue weighted by molar-refractivity contribution is 0.508. The van der Waals surface area contributed by atoms with E-state index in [-0.39, 0.29) is 5.41 Å². The second-order valence-electron chi connectivity index (χ2n) is 11.0. The maximum Gasteiger partial charge on any atom is 0.0514 e. The first kappa shape index (κ1) is 25.6. The summed E-state index contributed by atoms with van der Waals surface area (Å²) < 4.78 is 0. The van der Waals surface area contributed by atoms with Crippen LogP contribution >= 0.6 is 39.0 Å². The van der Waals surface area contributed by atoms with E-state index >= 15 is 0 Å². The molecule has 0 fully saturated rings. The van der Waals surface area contributed by atoms with Crippen molar-refractivity contribution in [3.05, 3.63) is 127 Å². The molecule has 4 heteroatoms. The van der Waals surface area contributed by atoms with Crippen molar-refractivity contribution in [3.63, 3.8) is 0 Å². The van der Waals surface area contributed by atoms with Gasteiger partial charge >= 0.3 is 0 Å². The first-order chi connectivity index (χ1) is 17.6. The number of allylic oxidation sites excluding steroid dienone is 12. The van der Waals surface area contributed by atoms with Gasteiger partial charge in [-0.05, 0) is 85.4 Å². The van der Waals surface area contributed by atoms with Crippen molar-refractivity contribution < 1.29 is 0 Å². The highest BCUT2D eigenvalue weighted by atomic mass is 35.5. The van der Waals surface area contributed by atoms with Gasteiger partial charge in [0.25, 0.3) is 0 Å². The first-order valence-electron chi connectivity index (χ1n) is 13.0. The molecule has 0 amide bonds. The van der Waals surface area contributed by atoms with E-state index in [1.54, 1.807) is 0 Å². The molecule has 0 radical (unpaired) electrons. The van der Waals surface area contributed by atoms with Crippen molar-refractivity contribution in [1.82, 2.24) is 0 Å². The van der Waals surface area contributed by atoms with Crippen LogP contribution in [0.1, 0.15) is 41.5 Å². The topological polar surface area (TPSA) is 0 Å². The van der Waals surface area contributed by atoms with Gasteiger partial charge in [-0.3, -0.25) is 0 Å². The van der Waals surface area contributed by atoms with E-state index in [9.17, 15) is 0 Å². The predicted octanol–water partition coefficient (Wildman–Crippen LogP) is 9.85. The summed E-state index contributed by atoms with van der Waals surface area (Å²) in [6, 6.07) is 22.1. The van der Waals surface area contributed by atoms with Crippen LogP contribution in [-0.4, -0.2) is 11.3 Å². The Morgan fingerprint density at radius 1 is 0.622 bits per heavy atom. The van der Waals surface area contributed by atoms with Crippen molar-refractivity contribution in [2.45, 2.75) is 52.9 Å². The maximum absolute atomic E-state index is 7.13. The van der Waals surface area contributed by atoms with Gasteiger partial charge in [-0.1, -0.05) is 112 Å². The maximum atomic E-state index is 7.13. The number of halogens is 2. The molecule has 4 aliphatic rings. The highest BCUT2D eigenvalue weighted by Crippen LogP contribution is 2.72. The summed E-state index contributed by atoms with van der Waals surface area (Å²) in [4.78, 5) is 0. The zero-order chi connectivity index (χ0) is 26.2. The molecular weight excluding hydrogens is 529 g/mol. The lowest BCUT2D eigenvalue weighted by Gasteiger charge is -2.37. The van der Waals surface area contributed by atoms with Gasteiger partial charge in [-0.15, -0.1) is 0 Å². The number of hydrogen-bond donors (Lipinski definition) is 0. The highest BCUT2D eigenvalue weighted by Gasteiger charge is 2.52. The van der Waals surface area contributed by atoms with Gasteiger partial charge in [-0.2, -0.15) is 0 Å². The number of fused-ring (bicyclic) bond motifs is 2. The van der Waals surface area contributed by atoms with Crippen molar-refractivity contribution >= 4 is 49.7 Å². The SMILES string of the molecule is CC1=C(Cl)C2=C(C(C)(C)C3=C4C(=CC(C)=C4Cl)P(c4ccccc4)C3C)C(C)P(c3ccccc3)C2=C1. The minimum atomic E-state index is -0.532. The zero-order valence-electron chi connectivity index (χ0n) is 22.2. The van der Waals surface area contributed by atoms with Gasteiger partial charge < -0.3 is 0 Å². The summed E-state index contributed by atoms with van der Waals surface area (Å²) in [6.07, 6.45) is 4.72. The van der Waals surface area contributed by atoms with E-state index < -0.39 is 15.8 Å². The fourth-order valence-corrected chi connectivity index (χ4v) is 14.0. The average molecular weight is 561 g/mol. The number of rotatable bonds is 4. The molecule has 0 spiro atoms. The normalized spacial score (nSPS) is 27.4. The predicted molar refractivity (Wildman–Crippen MR) is 166 cm³/mol. The summed E-state index contributed by atoms with van der Waals surface area (Å²) in [5.74, 6) is 0. The van der Waals surface area contributed by atoms with Crippen LogP contribution in [-0.2, 0) is 0 Å². The molecule has 0 N–H and O–H groups in total. The second-order valence-corrected chi connectivity index (χ2v) is 16.8. The lowest BCUT2D eigenvalue weighted by Crippen LogP contribution is -2.29. The molecule has 188 valence electrons. The first-order valence-corrected chi connectivity index (χ1v) is 16.6. The lowest BCUT2D eigenvalue weighted by atomic mass is 9.71. The third-order valence-electron chi connectivity index (χ3n) is 8.43. The smallest absolute Gasteiger partial charge is 0.0514 e. The molecule has 37 heavy (non-hydrogen) atoms. The van der Waals surface area contributed by atoms with E-state index in [0.29, 0.717) is 11.3 Å². The van der Waals surface area contributed by atoms with E-state index in [2.05, 4.69) is 114 Å². The Labute approximate surface area is 234 Å². The Morgan fingerprint density at radius 3 is 1.32 bits per heavy atom. The molecular formula is C33H32Cl2P2. The largest absolute Gasteiger partial charge is 0.0834 e. The monoisotopic (exact) mass is 560 g/mol. The van der Waals surface area contributed by atoms with Gasteiger partial charge in [0.1, 0.15) is 0 Å². The third-order valence-corrected chi connectivity index (χ3v) is 14.9. The Balaban J connectivity index is 1.55. The number of hydrogen-bond acceptors (Lipinski definition) is 0. The molecule has 0 bridgehead atoms. The summed E-state index contributed by atoms with van der Waals surface area (Å²) in [5, 5.41) is 7.62. The third kappa shape index (κ3) is 3.71. The number of benzene rings is 2. The molecule has 0 saturated heterocycles. The molecule has 0 saturated carbocycles. The zero-order valence-corrected chi connectivity index (χ0v) is 25.5. The fraction of sp³-hybridized carbons (Fsp3) is 0.273. The Morgan fingerprint density at radius 2 is 0.973 bits per heavy atom. The molecule has 2 aliphatic carbocycles. The van der Waals surface area contributed by atoms with Crippen molar-refractivity contribution in [3.8, 4) is 0 Å².